The number of fused-ring (bicyclic) bond motifs is 2. The van der Waals surface area contributed by atoms with E-state index in [1.54, 1.807) is 49.9 Å². The molecular formula is C69H97N13O11. The Kier molecular flexibility index (Phi) is 21.9. The third-order valence-corrected chi connectivity index (χ3v) is 18.4. The minimum Gasteiger partial charge on any atom is -0.508 e. The molecule has 7 heterocycles. The van der Waals surface area contributed by atoms with Crippen LogP contribution in [0.4, 0.5) is 32.9 Å². The quantitative estimate of drug-likeness (QED) is 0.0414. The number of carbonyl (C=O) groups is 4. The molecule has 4 atom stereocenters. The number of hydrogen-bond acceptors (Lipinski definition) is 20. The molecular weight excluding hydrogens is 1190 g/mol. The van der Waals surface area contributed by atoms with Crippen molar-refractivity contribution in [3.8, 4) is 11.5 Å². The van der Waals surface area contributed by atoms with Crippen molar-refractivity contribution in [1.82, 2.24) is 45.2 Å². The van der Waals surface area contributed by atoms with Crippen molar-refractivity contribution < 1.29 is 53.1 Å². The van der Waals surface area contributed by atoms with Crippen molar-refractivity contribution in [1.29, 1.82) is 0 Å². The van der Waals surface area contributed by atoms with Gasteiger partial charge in [-0.1, -0.05) is 26.0 Å². The van der Waals surface area contributed by atoms with Gasteiger partial charge in [0.2, 0.25) is 0 Å². The van der Waals surface area contributed by atoms with E-state index in [-0.39, 0.29) is 50.3 Å². The lowest BCUT2D eigenvalue weighted by atomic mass is 9.91. The highest BCUT2D eigenvalue weighted by Gasteiger charge is 2.40. The third-order valence-electron chi connectivity index (χ3n) is 18.4. The fourth-order valence-electron chi connectivity index (χ4n) is 12.4. The molecule has 2 aromatic carbocycles. The number of rotatable bonds is 19. The van der Waals surface area contributed by atoms with E-state index in [1.807, 2.05) is 64.1 Å². The van der Waals surface area contributed by atoms with Crippen LogP contribution in [-0.4, -0.2) is 200 Å². The topological polar surface area (TPSA) is 276 Å². The molecule has 4 fully saturated rings. The van der Waals surface area contributed by atoms with Crippen LogP contribution in [0, 0.1) is 6.92 Å². The Morgan fingerprint density at radius 2 is 1.06 bits per heavy atom. The zero-order chi connectivity index (χ0) is 66.1. The molecule has 0 unspecified atom stereocenters. The van der Waals surface area contributed by atoms with Gasteiger partial charge in [0.05, 0.1) is 30.0 Å². The number of carbonyl (C=O) groups excluding carboxylic acids is 4. The number of piperazine rings is 2. The number of nitrogens with zero attached hydrogens (tertiary/aromatic N) is 9. The number of aromatic nitrogens is 3. The van der Waals surface area contributed by atoms with E-state index in [4.69, 9.17) is 28.6 Å². The van der Waals surface area contributed by atoms with E-state index in [0.717, 1.165) is 131 Å². The standard InChI is InChI=1S/C37H51N7O6.C32H46N6O5/c1-6-42-12-14-43(15-13-42)34-19-26(18-33(41-34)40-28-8-7-9-28)35(46)38-20-31(45)30-17-25-10-11-29(48-22-32-24(2)39-23-49-32)16-27(25)21-44(30)36(47)50-37(3,4)5;1-5-36-11-13-37(14-12-36)29-18-22(17-28(35-29)34-24-7-6-8-24)30(41)33-19-27(40)26-16-21-9-10-25(39)15-23(21)20-38(26)31(42)43-32(2,3)4/h10-11,16,18-19,23,28,30-31,45H,6-9,12-15,17,20-22H2,1-5H3,(H,38,46)(H,40,41);9-10,15,17-18,24,26-27,39-40H,5-8,11-14,16,19-20H2,1-4H3,(H,33,41)(H,34,35)/t30-,31+;26-,27+/m00/s1. The maximum Gasteiger partial charge on any atom is 0.410 e. The summed E-state index contributed by atoms with van der Waals surface area (Å²) in [7, 11) is 0. The highest BCUT2D eigenvalue weighted by molar-refractivity contribution is 5.96. The number of amides is 4. The van der Waals surface area contributed by atoms with Crippen molar-refractivity contribution in [3.63, 3.8) is 0 Å². The molecule has 3 aromatic heterocycles. The fourth-order valence-corrected chi connectivity index (χ4v) is 12.4. The molecule has 504 valence electrons. The number of nitrogens with one attached hydrogen (secondary N) is 4. The Balaban J connectivity index is 0.000000206. The van der Waals surface area contributed by atoms with Crippen LogP contribution >= 0.6 is 0 Å². The molecule has 24 nitrogen and oxygen atoms in total. The fraction of sp³-hybridized carbons (Fsp3) is 0.580. The van der Waals surface area contributed by atoms with Crippen LogP contribution in [0.1, 0.15) is 148 Å². The first-order valence-electron chi connectivity index (χ1n) is 33.3. The first-order valence-corrected chi connectivity index (χ1v) is 33.3. The number of benzene rings is 2. The Morgan fingerprint density at radius 1 is 0.613 bits per heavy atom. The summed E-state index contributed by atoms with van der Waals surface area (Å²) in [5.41, 5.74) is 3.89. The first kappa shape index (κ1) is 67.9. The highest BCUT2D eigenvalue weighted by atomic mass is 16.6. The normalized spacial score (nSPS) is 19.5. The van der Waals surface area contributed by atoms with E-state index in [0.29, 0.717) is 59.2 Å². The van der Waals surface area contributed by atoms with Gasteiger partial charge in [0, 0.05) is 102 Å². The van der Waals surface area contributed by atoms with Crippen LogP contribution in [0.25, 0.3) is 0 Å². The maximum atomic E-state index is 13.7. The number of aromatic hydroxyl groups is 1. The molecule has 2 saturated heterocycles. The average Bonchev–Trinajstić information content (AvgIpc) is 0.935. The van der Waals surface area contributed by atoms with Gasteiger partial charge in [-0.3, -0.25) is 19.4 Å². The SMILES string of the molecule is CCN1CCN(c2cc(C(=O)NC[C@@H](O)[C@@H]3Cc4ccc(O)cc4CN3C(=O)OC(C)(C)C)cc(NC3CCC3)n2)CC1.CCN1CCN(c2cc(C(=O)NC[C@@H](O)[C@@H]3Cc4ccc(OCc5ocnc5C)cc4CN3C(=O)OC(C)(C)C)cc(NC3CCC3)n2)CC1. The Bertz CT molecular complexity index is 3380. The number of aliphatic hydroxyl groups is 2. The molecule has 4 amide bonds. The number of anilines is 4. The Labute approximate surface area is 546 Å². The summed E-state index contributed by atoms with van der Waals surface area (Å²) in [4.78, 5) is 80.0. The summed E-state index contributed by atoms with van der Waals surface area (Å²) in [6.45, 7) is 26.7. The number of oxazole rings is 1. The van der Waals surface area contributed by atoms with Gasteiger partial charge in [0.15, 0.2) is 12.2 Å². The number of pyridine rings is 2. The van der Waals surface area contributed by atoms with E-state index >= 15 is 0 Å². The molecule has 5 aromatic rings. The number of phenols is 1. The Hall–Kier alpha value is -7.93. The van der Waals surface area contributed by atoms with Crippen LogP contribution in [0.15, 0.2) is 71.5 Å². The summed E-state index contributed by atoms with van der Waals surface area (Å²) < 4.78 is 22.8. The summed E-state index contributed by atoms with van der Waals surface area (Å²) in [6.07, 6.45) is 5.68. The third kappa shape index (κ3) is 18.1. The predicted octanol–water partition coefficient (Wildman–Crippen LogP) is 7.86. The van der Waals surface area contributed by atoms with Crippen molar-refractivity contribution >= 4 is 47.3 Å². The summed E-state index contributed by atoms with van der Waals surface area (Å²) in [5, 5.41) is 45.7. The average molecular weight is 1280 g/mol. The van der Waals surface area contributed by atoms with E-state index in [9.17, 15) is 34.5 Å². The van der Waals surface area contributed by atoms with Gasteiger partial charge in [-0.05, 0) is 184 Å². The first-order chi connectivity index (χ1) is 44.4. The second kappa shape index (κ2) is 30.0. The van der Waals surface area contributed by atoms with Crippen LogP contribution < -0.4 is 35.8 Å². The van der Waals surface area contributed by atoms with E-state index < -0.39 is 47.7 Å². The lowest BCUT2D eigenvalue weighted by Gasteiger charge is -2.40. The summed E-state index contributed by atoms with van der Waals surface area (Å²) >= 11 is 0. The highest BCUT2D eigenvalue weighted by Crippen LogP contribution is 2.34. The smallest absolute Gasteiger partial charge is 0.410 e. The zero-order valence-corrected chi connectivity index (χ0v) is 55.7. The van der Waals surface area contributed by atoms with Crippen molar-refractivity contribution in [3.05, 3.63) is 112 Å². The van der Waals surface area contributed by atoms with Crippen LogP contribution in [0.5, 0.6) is 11.5 Å². The van der Waals surface area contributed by atoms with Crippen molar-refractivity contribution in [2.75, 3.05) is 99.0 Å². The second-order valence-corrected chi connectivity index (χ2v) is 27.4. The van der Waals surface area contributed by atoms with Gasteiger partial charge >= 0.3 is 12.2 Å². The molecule has 2 saturated carbocycles. The van der Waals surface area contributed by atoms with Crippen molar-refractivity contribution in [2.24, 2.45) is 0 Å². The van der Waals surface area contributed by atoms with Crippen molar-refractivity contribution in [2.45, 2.75) is 181 Å². The molecule has 2 aliphatic carbocycles. The molecule has 0 spiro atoms. The molecule has 7 N–H and O–H groups in total. The van der Waals surface area contributed by atoms with Gasteiger partial charge in [-0.25, -0.2) is 24.5 Å². The predicted molar refractivity (Wildman–Crippen MR) is 355 cm³/mol. The number of likely N-dealkylation sites (N-methyl/N-ethyl adjacent to an activating group) is 2. The van der Waals surface area contributed by atoms with Crippen LogP contribution in [-0.2, 0) is 42.0 Å². The molecule has 6 aliphatic rings. The summed E-state index contributed by atoms with van der Waals surface area (Å²) in [6, 6.07) is 17.5. The Morgan fingerprint density at radius 3 is 1.47 bits per heavy atom. The molecule has 93 heavy (non-hydrogen) atoms. The van der Waals surface area contributed by atoms with Crippen LogP contribution in [0.3, 0.4) is 0 Å². The monoisotopic (exact) mass is 1280 g/mol. The molecule has 4 aliphatic heterocycles. The second-order valence-electron chi connectivity index (χ2n) is 27.4. The largest absolute Gasteiger partial charge is 0.508 e. The van der Waals surface area contributed by atoms with Gasteiger partial charge in [-0.15, -0.1) is 0 Å². The minimum atomic E-state index is -1.05. The number of ether oxygens (including phenoxy) is 3. The molecule has 0 bridgehead atoms. The lowest BCUT2D eigenvalue weighted by molar-refractivity contribution is -0.0118. The molecule has 0 radical (unpaired) electrons. The zero-order valence-electron chi connectivity index (χ0n) is 55.7. The lowest BCUT2D eigenvalue weighted by Crippen LogP contribution is -2.54. The van der Waals surface area contributed by atoms with Gasteiger partial charge in [0.1, 0.15) is 52.6 Å². The number of aliphatic hydroxyl groups excluding tert-OH is 2. The summed E-state index contributed by atoms with van der Waals surface area (Å²) in [5.74, 6) is 3.70. The number of hydrogen-bond donors (Lipinski definition) is 7. The van der Waals surface area contributed by atoms with Gasteiger partial charge in [0.25, 0.3) is 11.8 Å². The molecule has 24 heteroatoms. The van der Waals surface area contributed by atoms with E-state index in [2.05, 4.69) is 59.7 Å². The van der Waals surface area contributed by atoms with Crippen LogP contribution in [0.2, 0.25) is 0 Å². The van der Waals surface area contributed by atoms with Gasteiger partial charge < -0.3 is 74.8 Å². The number of aryl methyl sites for hydroxylation is 1. The van der Waals surface area contributed by atoms with Gasteiger partial charge in [-0.2, -0.15) is 0 Å². The number of phenolic OH excluding ortho intramolecular Hbond substituents is 1. The maximum absolute atomic E-state index is 13.7. The van der Waals surface area contributed by atoms with E-state index in [1.165, 1.54) is 24.1 Å². The minimum absolute atomic E-state index is 0.0472. The molecule has 11 rings (SSSR count).